The monoisotopic (exact) mass is 346 g/mol. The summed E-state index contributed by atoms with van der Waals surface area (Å²) in [5.41, 5.74) is 0.885. The van der Waals surface area contributed by atoms with E-state index in [1.54, 1.807) is 16.8 Å². The fourth-order valence-corrected chi connectivity index (χ4v) is 3.39. The number of carbonyl (C=O) groups excluding carboxylic acids is 2. The first-order chi connectivity index (χ1) is 12.2. The molecule has 0 unspecified atom stereocenters. The molecule has 0 aliphatic carbocycles. The number of anilines is 1. The van der Waals surface area contributed by atoms with Crippen LogP contribution in [0.3, 0.4) is 0 Å². The summed E-state index contributed by atoms with van der Waals surface area (Å²) in [7, 11) is 1.71. The number of amides is 2. The van der Waals surface area contributed by atoms with E-state index in [1.165, 1.54) is 0 Å². The highest BCUT2D eigenvalue weighted by molar-refractivity contribution is 6.01. The molecule has 2 aliphatic heterocycles. The molecule has 0 N–H and O–H groups in total. The molecular weight excluding hydrogens is 320 g/mol. The Morgan fingerprint density at radius 3 is 2.84 bits per heavy atom. The number of hydrogen-bond donors (Lipinski definition) is 0. The summed E-state index contributed by atoms with van der Waals surface area (Å²) in [4.78, 5) is 28.3. The van der Waals surface area contributed by atoms with E-state index in [2.05, 4.69) is 0 Å². The molecule has 1 aromatic rings. The quantitative estimate of drug-likeness (QED) is 0.707. The van der Waals surface area contributed by atoms with Crippen LogP contribution in [0.5, 0.6) is 0 Å². The molecule has 2 amide bonds. The van der Waals surface area contributed by atoms with Crippen molar-refractivity contribution in [2.45, 2.75) is 37.8 Å². The van der Waals surface area contributed by atoms with E-state index < -0.39 is 0 Å². The lowest BCUT2D eigenvalue weighted by atomic mass is 10.2. The van der Waals surface area contributed by atoms with Crippen LogP contribution in [0.2, 0.25) is 0 Å². The Morgan fingerprint density at radius 2 is 2.12 bits per heavy atom. The molecule has 0 bridgehead atoms. The third-order valence-electron chi connectivity index (χ3n) is 4.89. The van der Waals surface area contributed by atoms with E-state index >= 15 is 0 Å². The van der Waals surface area contributed by atoms with E-state index in [4.69, 9.17) is 9.47 Å². The average Bonchev–Trinajstić information content (AvgIpc) is 3.28. The van der Waals surface area contributed by atoms with Gasteiger partial charge in [0, 0.05) is 25.9 Å². The van der Waals surface area contributed by atoms with Crippen LogP contribution < -0.4 is 4.90 Å². The summed E-state index contributed by atoms with van der Waals surface area (Å²) in [5, 5.41) is 0. The second kappa shape index (κ2) is 8.45. The van der Waals surface area contributed by atoms with Crippen LogP contribution in [0.25, 0.3) is 0 Å². The van der Waals surface area contributed by atoms with Crippen molar-refractivity contribution in [3.05, 3.63) is 30.3 Å². The molecule has 2 fully saturated rings. The zero-order valence-corrected chi connectivity index (χ0v) is 14.7. The SMILES string of the molecule is CN(C(=O)CCOC[C@H]1CCCO1)[C@H]1CCN(c2ccccc2)C1=O. The van der Waals surface area contributed by atoms with Gasteiger partial charge in [0.1, 0.15) is 6.04 Å². The number of likely N-dealkylation sites (N-methyl/N-ethyl adjacent to an activating group) is 1. The summed E-state index contributed by atoms with van der Waals surface area (Å²) >= 11 is 0. The first-order valence-electron chi connectivity index (χ1n) is 8.98. The molecule has 2 aliphatic rings. The van der Waals surface area contributed by atoms with Gasteiger partial charge in [-0.15, -0.1) is 0 Å². The molecule has 136 valence electrons. The summed E-state index contributed by atoms with van der Waals surface area (Å²) in [6.07, 6.45) is 3.23. The van der Waals surface area contributed by atoms with Crippen molar-refractivity contribution in [1.29, 1.82) is 0 Å². The Hall–Kier alpha value is -1.92. The highest BCUT2D eigenvalue weighted by atomic mass is 16.5. The maximum absolute atomic E-state index is 12.6. The number of benzene rings is 1. The van der Waals surface area contributed by atoms with Crippen LogP contribution in [0.4, 0.5) is 5.69 Å². The second-order valence-electron chi connectivity index (χ2n) is 6.59. The van der Waals surface area contributed by atoms with E-state index in [0.717, 1.165) is 25.1 Å². The lowest BCUT2D eigenvalue weighted by Gasteiger charge is -2.24. The number of carbonyl (C=O) groups is 2. The summed E-state index contributed by atoms with van der Waals surface area (Å²) < 4.78 is 11.0. The highest BCUT2D eigenvalue weighted by Crippen LogP contribution is 2.24. The molecule has 6 heteroatoms. The molecule has 0 radical (unpaired) electrons. The van der Waals surface area contributed by atoms with Gasteiger partial charge in [-0.05, 0) is 31.4 Å². The van der Waals surface area contributed by atoms with Gasteiger partial charge in [0.2, 0.25) is 11.8 Å². The van der Waals surface area contributed by atoms with E-state index in [1.807, 2.05) is 30.3 Å². The molecule has 2 saturated heterocycles. The van der Waals surface area contributed by atoms with Gasteiger partial charge in [0.25, 0.3) is 0 Å². The predicted molar refractivity (Wildman–Crippen MR) is 94.4 cm³/mol. The van der Waals surface area contributed by atoms with Gasteiger partial charge < -0.3 is 19.3 Å². The number of nitrogens with zero attached hydrogens (tertiary/aromatic N) is 2. The first-order valence-corrected chi connectivity index (χ1v) is 8.98. The summed E-state index contributed by atoms with van der Waals surface area (Å²) in [6.45, 7) is 2.35. The number of hydrogen-bond acceptors (Lipinski definition) is 4. The first kappa shape index (κ1) is 17.9. The van der Waals surface area contributed by atoms with Crippen molar-refractivity contribution in [2.75, 3.05) is 38.3 Å². The normalized spacial score (nSPS) is 23.2. The predicted octanol–water partition coefficient (Wildman–Crippen LogP) is 1.84. The fourth-order valence-electron chi connectivity index (χ4n) is 3.39. The highest BCUT2D eigenvalue weighted by Gasteiger charge is 2.36. The fraction of sp³-hybridized carbons (Fsp3) is 0.579. The Balaban J connectivity index is 1.44. The lowest BCUT2D eigenvalue weighted by molar-refractivity contribution is -0.137. The van der Waals surface area contributed by atoms with Crippen LogP contribution in [-0.4, -0.2) is 62.3 Å². The molecule has 0 spiro atoms. The summed E-state index contributed by atoms with van der Waals surface area (Å²) in [6, 6.07) is 9.20. The molecule has 0 saturated carbocycles. The van der Waals surface area contributed by atoms with Gasteiger partial charge in [-0.25, -0.2) is 0 Å². The van der Waals surface area contributed by atoms with Crippen LogP contribution >= 0.6 is 0 Å². The van der Waals surface area contributed by atoms with E-state index in [0.29, 0.717) is 32.6 Å². The van der Waals surface area contributed by atoms with Gasteiger partial charge in [-0.2, -0.15) is 0 Å². The molecule has 0 aromatic heterocycles. The maximum atomic E-state index is 12.6. The van der Waals surface area contributed by atoms with Crippen molar-refractivity contribution in [3.8, 4) is 0 Å². The van der Waals surface area contributed by atoms with Gasteiger partial charge >= 0.3 is 0 Å². The van der Waals surface area contributed by atoms with Gasteiger partial charge in [0.05, 0.1) is 25.7 Å². The van der Waals surface area contributed by atoms with Crippen LogP contribution in [0.1, 0.15) is 25.7 Å². The van der Waals surface area contributed by atoms with Crippen LogP contribution in [0, 0.1) is 0 Å². The van der Waals surface area contributed by atoms with Crippen molar-refractivity contribution >= 4 is 17.5 Å². The van der Waals surface area contributed by atoms with Gasteiger partial charge in [-0.1, -0.05) is 18.2 Å². The summed E-state index contributed by atoms with van der Waals surface area (Å²) in [5.74, 6) is -0.0667. The van der Waals surface area contributed by atoms with Crippen LogP contribution in [0.15, 0.2) is 30.3 Å². The van der Waals surface area contributed by atoms with E-state index in [-0.39, 0.29) is 24.0 Å². The lowest BCUT2D eigenvalue weighted by Crippen LogP contribution is -2.43. The molecule has 6 nitrogen and oxygen atoms in total. The second-order valence-corrected chi connectivity index (χ2v) is 6.59. The largest absolute Gasteiger partial charge is 0.378 e. The molecule has 2 heterocycles. The van der Waals surface area contributed by atoms with Gasteiger partial charge in [-0.3, -0.25) is 9.59 Å². The minimum atomic E-state index is -0.383. The number of ether oxygens (including phenoxy) is 2. The third kappa shape index (κ3) is 4.38. The third-order valence-corrected chi connectivity index (χ3v) is 4.89. The Labute approximate surface area is 148 Å². The number of para-hydroxylation sites is 1. The smallest absolute Gasteiger partial charge is 0.249 e. The Morgan fingerprint density at radius 1 is 1.32 bits per heavy atom. The number of rotatable bonds is 7. The van der Waals surface area contributed by atoms with Gasteiger partial charge in [0.15, 0.2) is 0 Å². The standard InChI is InChI=1S/C19H26N2O4/c1-20(18(22)10-13-24-14-16-8-5-12-25-16)17-9-11-21(19(17)23)15-6-3-2-4-7-15/h2-4,6-7,16-17H,5,8-14H2,1H3/t16-,17+/m1/s1. The Bertz CT molecular complexity index is 586. The van der Waals surface area contributed by atoms with Crippen molar-refractivity contribution in [3.63, 3.8) is 0 Å². The Kier molecular flexibility index (Phi) is 6.04. The molecule has 3 rings (SSSR count). The zero-order valence-electron chi connectivity index (χ0n) is 14.7. The average molecular weight is 346 g/mol. The zero-order chi connectivity index (χ0) is 17.6. The molecule has 2 atom stereocenters. The minimum absolute atomic E-state index is 0.0117. The van der Waals surface area contributed by atoms with E-state index in [9.17, 15) is 9.59 Å². The minimum Gasteiger partial charge on any atom is -0.378 e. The van der Waals surface area contributed by atoms with Crippen LogP contribution in [-0.2, 0) is 19.1 Å². The molecule has 1 aromatic carbocycles. The maximum Gasteiger partial charge on any atom is 0.249 e. The topological polar surface area (TPSA) is 59.1 Å². The van der Waals surface area contributed by atoms with Crippen molar-refractivity contribution < 1.29 is 19.1 Å². The van der Waals surface area contributed by atoms with Crippen molar-refractivity contribution in [1.82, 2.24) is 4.90 Å². The van der Waals surface area contributed by atoms with Crippen molar-refractivity contribution in [2.24, 2.45) is 0 Å². The molecule has 25 heavy (non-hydrogen) atoms. The molecular formula is C19H26N2O4.